The number of Topliss-reactive ketones (excluding diaryl/α,β-unsaturated/α-hetero) is 2. The summed E-state index contributed by atoms with van der Waals surface area (Å²) < 4.78 is 23.6. The molecule has 0 aliphatic carbocycles. The summed E-state index contributed by atoms with van der Waals surface area (Å²) in [6.45, 7) is 11.9. The molecule has 42 heavy (non-hydrogen) atoms. The Labute approximate surface area is 274 Å². The fraction of sp³-hybridized carbons (Fsp3) is 0.562. The Balaban J connectivity index is 0.00000840. The van der Waals surface area contributed by atoms with Gasteiger partial charge in [0, 0.05) is 37.6 Å². The zero-order valence-corrected chi connectivity index (χ0v) is 29.7. The van der Waals surface area contributed by atoms with E-state index in [1.807, 2.05) is 104 Å². The van der Waals surface area contributed by atoms with Crippen molar-refractivity contribution in [3.63, 3.8) is 0 Å². The van der Waals surface area contributed by atoms with Gasteiger partial charge in [-0.3, -0.25) is 9.59 Å². The van der Waals surface area contributed by atoms with Gasteiger partial charge in [-0.15, -0.1) is 0 Å². The fourth-order valence-electron chi connectivity index (χ4n) is 4.64. The van der Waals surface area contributed by atoms with Gasteiger partial charge in [-0.25, -0.2) is 0 Å². The Bertz CT molecular complexity index is 964. The van der Waals surface area contributed by atoms with Crippen LogP contribution < -0.4 is 34.0 Å². The Hall–Kier alpha value is -1.50. The number of rotatable bonds is 19. The summed E-state index contributed by atoms with van der Waals surface area (Å²) in [7, 11) is 8.04. The maximum atomic E-state index is 13.0. The average molecular weight is 719 g/mol. The van der Waals surface area contributed by atoms with Crippen molar-refractivity contribution in [2.24, 2.45) is 0 Å². The van der Waals surface area contributed by atoms with Crippen LogP contribution in [0.5, 0.6) is 0 Å². The Kier molecular flexibility index (Phi) is 19.0. The van der Waals surface area contributed by atoms with Crippen LogP contribution in [-0.2, 0) is 18.9 Å². The molecule has 8 nitrogen and oxygen atoms in total. The maximum Gasteiger partial charge on any atom is 0.216 e. The van der Waals surface area contributed by atoms with E-state index in [9.17, 15) is 9.59 Å². The Morgan fingerprint density at radius 1 is 0.548 bits per heavy atom. The van der Waals surface area contributed by atoms with E-state index >= 15 is 0 Å². The fourth-order valence-corrected chi connectivity index (χ4v) is 4.64. The number of nitrogens with zero attached hydrogens (tertiary/aromatic N) is 2. The van der Waals surface area contributed by atoms with E-state index in [4.69, 9.17) is 18.9 Å². The second kappa shape index (κ2) is 19.7. The van der Waals surface area contributed by atoms with Gasteiger partial charge in [-0.2, -0.15) is 0 Å². The first-order valence-electron chi connectivity index (χ1n) is 14.3. The lowest BCUT2D eigenvalue weighted by atomic mass is 10.00. The van der Waals surface area contributed by atoms with Crippen LogP contribution in [0.3, 0.4) is 0 Å². The largest absolute Gasteiger partial charge is 1.00 e. The smallest absolute Gasteiger partial charge is 0.216 e. The van der Waals surface area contributed by atoms with Gasteiger partial charge in [0.2, 0.25) is 24.1 Å². The molecule has 0 amide bonds. The van der Waals surface area contributed by atoms with Gasteiger partial charge < -0.3 is 61.9 Å². The summed E-state index contributed by atoms with van der Waals surface area (Å²) in [5.41, 5.74) is 3.32. The van der Waals surface area contributed by atoms with Crippen molar-refractivity contribution in [2.75, 3.05) is 80.8 Å². The standard InChI is InChI=1S/C32H50N2O6.2BrH/c1-9-37-31(38-10-2)23-33(5,6)21-29(35)27-17-13-25(14-18-27)26-15-19-28(20-16-26)30(36)22-34(7,8)24-32(39-11-3)40-12-4;;/h13-20,31-32H,9-12,21-24H2,1-8H3;2*1H/q+2;;/p-2. The van der Waals surface area contributed by atoms with Crippen molar-refractivity contribution in [3.8, 4) is 11.1 Å². The van der Waals surface area contributed by atoms with E-state index in [-0.39, 0.29) is 58.1 Å². The van der Waals surface area contributed by atoms with E-state index in [2.05, 4.69) is 0 Å². The van der Waals surface area contributed by atoms with Crippen LogP contribution in [0.25, 0.3) is 11.1 Å². The number of halogens is 2. The van der Waals surface area contributed by atoms with Gasteiger partial charge in [0.05, 0.1) is 28.2 Å². The summed E-state index contributed by atoms with van der Waals surface area (Å²) in [4.78, 5) is 26.1. The molecule has 0 fully saturated rings. The molecule has 0 unspecified atom stereocenters. The third-order valence-electron chi connectivity index (χ3n) is 6.59. The predicted octanol–water partition coefficient (Wildman–Crippen LogP) is -1.32. The van der Waals surface area contributed by atoms with Gasteiger partial charge in [-0.1, -0.05) is 48.5 Å². The number of likely N-dealkylation sites (N-methyl/N-ethyl adjacent to an activating group) is 2. The molecule has 10 heteroatoms. The molecule has 2 aromatic carbocycles. The van der Waals surface area contributed by atoms with Crippen molar-refractivity contribution in [1.29, 1.82) is 0 Å². The first kappa shape index (κ1) is 40.5. The van der Waals surface area contributed by atoms with E-state index in [1.165, 1.54) is 0 Å². The molecule has 0 heterocycles. The van der Waals surface area contributed by atoms with E-state index in [0.717, 1.165) is 11.1 Å². The summed E-state index contributed by atoms with van der Waals surface area (Å²) in [5.74, 6) is 0.141. The van der Waals surface area contributed by atoms with Crippen molar-refractivity contribution < 1.29 is 71.5 Å². The molecule has 0 aromatic heterocycles. The topological polar surface area (TPSA) is 71.1 Å². The van der Waals surface area contributed by atoms with Crippen molar-refractivity contribution >= 4 is 11.6 Å². The molecular weight excluding hydrogens is 668 g/mol. The first-order valence-corrected chi connectivity index (χ1v) is 14.3. The SMILES string of the molecule is CCOC(C[N+](C)(C)CC(=O)c1ccc(-c2ccc(C(=O)C[N+](C)(C)CC(OCC)OCC)cc2)cc1)OCC.[Br-].[Br-]. The number of benzene rings is 2. The molecule has 0 atom stereocenters. The van der Waals surface area contributed by atoms with E-state index in [1.54, 1.807) is 0 Å². The minimum absolute atomic E-state index is 0. The summed E-state index contributed by atoms with van der Waals surface area (Å²) >= 11 is 0. The van der Waals surface area contributed by atoms with Gasteiger partial charge in [-0.05, 0) is 38.8 Å². The minimum atomic E-state index is -0.331. The molecule has 238 valence electrons. The highest BCUT2D eigenvalue weighted by atomic mass is 79.9. The van der Waals surface area contributed by atoms with Crippen LogP contribution in [-0.4, -0.2) is 114 Å². The quantitative estimate of drug-likeness (QED) is 0.102. The van der Waals surface area contributed by atoms with E-state index in [0.29, 0.717) is 72.7 Å². The third-order valence-corrected chi connectivity index (χ3v) is 6.59. The highest BCUT2D eigenvalue weighted by Gasteiger charge is 2.28. The van der Waals surface area contributed by atoms with Crippen LogP contribution in [0.2, 0.25) is 0 Å². The molecule has 0 radical (unpaired) electrons. The van der Waals surface area contributed by atoms with E-state index < -0.39 is 0 Å². The highest BCUT2D eigenvalue weighted by Crippen LogP contribution is 2.22. The molecular formula is C32H50Br2N2O6. The van der Waals surface area contributed by atoms with Crippen LogP contribution in [0.1, 0.15) is 48.4 Å². The number of quaternary nitrogens is 2. The monoisotopic (exact) mass is 716 g/mol. The first-order chi connectivity index (χ1) is 18.9. The summed E-state index contributed by atoms with van der Waals surface area (Å²) in [5, 5.41) is 0. The molecule has 0 saturated carbocycles. The lowest BCUT2D eigenvalue weighted by Gasteiger charge is -2.32. The number of carbonyl (C=O) groups excluding carboxylic acids is 2. The second-order valence-electron chi connectivity index (χ2n) is 11.2. The zero-order chi connectivity index (χ0) is 29.8. The summed E-state index contributed by atoms with van der Waals surface area (Å²) in [6.07, 6.45) is -0.663. The maximum absolute atomic E-state index is 13.0. The lowest BCUT2D eigenvalue weighted by Crippen LogP contribution is -3.00. The number of ketones is 2. The number of hydrogen-bond acceptors (Lipinski definition) is 6. The predicted molar refractivity (Wildman–Crippen MR) is 158 cm³/mol. The van der Waals surface area contributed by atoms with Crippen molar-refractivity contribution in [2.45, 2.75) is 40.3 Å². The molecule has 2 aromatic rings. The van der Waals surface area contributed by atoms with Crippen LogP contribution >= 0.6 is 0 Å². The van der Waals surface area contributed by atoms with Gasteiger partial charge in [0.15, 0.2) is 0 Å². The van der Waals surface area contributed by atoms with Crippen LogP contribution in [0.4, 0.5) is 0 Å². The molecule has 0 bridgehead atoms. The van der Waals surface area contributed by atoms with Crippen molar-refractivity contribution in [3.05, 3.63) is 59.7 Å². The van der Waals surface area contributed by atoms with Crippen LogP contribution in [0.15, 0.2) is 48.5 Å². The number of carbonyl (C=O) groups is 2. The summed E-state index contributed by atoms with van der Waals surface area (Å²) in [6, 6.07) is 15.3. The Morgan fingerprint density at radius 3 is 1.05 bits per heavy atom. The molecule has 2 rings (SSSR count). The van der Waals surface area contributed by atoms with Gasteiger partial charge in [0.1, 0.15) is 26.2 Å². The molecule has 0 N–H and O–H groups in total. The van der Waals surface area contributed by atoms with Crippen LogP contribution in [0, 0.1) is 0 Å². The number of hydrogen-bond donors (Lipinski definition) is 0. The second-order valence-corrected chi connectivity index (χ2v) is 11.2. The normalized spacial score (nSPS) is 11.8. The number of ether oxygens (including phenoxy) is 4. The molecule has 0 aliphatic heterocycles. The average Bonchev–Trinajstić information content (AvgIpc) is 2.88. The Morgan fingerprint density at radius 2 is 0.810 bits per heavy atom. The van der Waals surface area contributed by atoms with Crippen molar-refractivity contribution in [1.82, 2.24) is 0 Å². The highest BCUT2D eigenvalue weighted by molar-refractivity contribution is 5.98. The molecule has 0 spiro atoms. The molecule has 0 aliphatic rings. The zero-order valence-electron chi connectivity index (χ0n) is 26.5. The van der Waals surface area contributed by atoms with Gasteiger partial charge >= 0.3 is 0 Å². The lowest BCUT2D eigenvalue weighted by molar-refractivity contribution is -0.888. The van der Waals surface area contributed by atoms with Gasteiger partial charge in [0.25, 0.3) is 0 Å². The third kappa shape index (κ3) is 13.9. The minimum Gasteiger partial charge on any atom is -1.00 e. The molecule has 0 saturated heterocycles.